The number of carbonyl (C=O) groups is 1. The monoisotopic (exact) mass is 296 g/mol. The molecule has 2 aromatic carbocycles. The number of methoxy groups -OCH3 is 1. The summed E-state index contributed by atoms with van der Waals surface area (Å²) in [5.41, 5.74) is 0.465. The number of amides is 1. The highest BCUT2D eigenvalue weighted by atomic mass is 19.1. The zero-order valence-electron chi connectivity index (χ0n) is 11.8. The number of hydrogen-bond acceptors (Lipinski definition) is 3. The van der Waals surface area contributed by atoms with Crippen LogP contribution in [0.25, 0.3) is 6.08 Å². The van der Waals surface area contributed by atoms with Crippen LogP contribution in [0, 0.1) is 17.1 Å². The van der Waals surface area contributed by atoms with Crippen LogP contribution in [0.1, 0.15) is 5.56 Å². The fourth-order valence-corrected chi connectivity index (χ4v) is 1.84. The molecule has 0 aliphatic rings. The lowest BCUT2D eigenvalue weighted by molar-refractivity contribution is -0.112. The van der Waals surface area contributed by atoms with E-state index in [2.05, 4.69) is 5.32 Å². The number of nitriles is 1. The minimum atomic E-state index is -0.682. The number of ether oxygens (including phenoxy) is 1. The quantitative estimate of drug-likeness (QED) is 0.695. The summed E-state index contributed by atoms with van der Waals surface area (Å²) in [6, 6.07) is 14.5. The first kappa shape index (κ1) is 15.3. The number of hydrogen-bond donors (Lipinski definition) is 1. The van der Waals surface area contributed by atoms with Gasteiger partial charge in [0, 0.05) is 5.56 Å². The number of carbonyl (C=O) groups excluding carboxylic acids is 1. The Bertz CT molecular complexity index is 763. The van der Waals surface area contributed by atoms with Gasteiger partial charge in [-0.3, -0.25) is 4.79 Å². The molecule has 0 saturated heterocycles. The summed E-state index contributed by atoms with van der Waals surface area (Å²) in [5, 5.41) is 11.5. The largest absolute Gasteiger partial charge is 0.496 e. The number of nitrogens with one attached hydrogen (secondary N) is 1. The minimum Gasteiger partial charge on any atom is -0.496 e. The van der Waals surface area contributed by atoms with E-state index in [9.17, 15) is 9.18 Å². The van der Waals surface area contributed by atoms with E-state index in [1.165, 1.54) is 31.4 Å². The summed E-state index contributed by atoms with van der Waals surface area (Å²) >= 11 is 0. The highest BCUT2D eigenvalue weighted by Crippen LogP contribution is 2.21. The third kappa shape index (κ3) is 3.49. The van der Waals surface area contributed by atoms with Gasteiger partial charge in [0.2, 0.25) is 0 Å². The Balaban J connectivity index is 2.28. The standard InChI is InChI=1S/C17H13FN2O2/c1-22-16-9-5-2-6-12(16)10-13(11-19)17(21)20-15-8-4-3-7-14(15)18/h2-10H,1H3,(H,20,21). The Kier molecular flexibility index (Phi) is 4.89. The first-order chi connectivity index (χ1) is 10.7. The topological polar surface area (TPSA) is 62.1 Å². The Morgan fingerprint density at radius 2 is 1.91 bits per heavy atom. The third-order valence-electron chi connectivity index (χ3n) is 2.93. The second-order valence-electron chi connectivity index (χ2n) is 4.35. The molecule has 1 N–H and O–H groups in total. The van der Waals surface area contributed by atoms with Gasteiger partial charge in [-0.25, -0.2) is 4.39 Å². The second-order valence-corrected chi connectivity index (χ2v) is 4.35. The van der Waals surface area contributed by atoms with Gasteiger partial charge in [-0.1, -0.05) is 30.3 Å². The van der Waals surface area contributed by atoms with Gasteiger partial charge in [0.1, 0.15) is 23.2 Å². The van der Waals surface area contributed by atoms with Crippen molar-refractivity contribution in [1.29, 1.82) is 5.26 Å². The van der Waals surface area contributed by atoms with Crippen LogP contribution in [0.3, 0.4) is 0 Å². The predicted molar refractivity (Wildman–Crippen MR) is 81.6 cm³/mol. The van der Waals surface area contributed by atoms with E-state index < -0.39 is 11.7 Å². The maximum Gasteiger partial charge on any atom is 0.266 e. The molecular weight excluding hydrogens is 283 g/mol. The third-order valence-corrected chi connectivity index (χ3v) is 2.93. The highest BCUT2D eigenvalue weighted by molar-refractivity contribution is 6.09. The summed E-state index contributed by atoms with van der Waals surface area (Å²) < 4.78 is 18.7. The van der Waals surface area contributed by atoms with Gasteiger partial charge in [-0.2, -0.15) is 5.26 Å². The number of rotatable bonds is 4. The van der Waals surface area contributed by atoms with E-state index >= 15 is 0 Å². The molecule has 0 spiro atoms. The molecule has 5 heteroatoms. The van der Waals surface area contributed by atoms with Crippen molar-refractivity contribution in [2.45, 2.75) is 0 Å². The number of nitrogens with zero attached hydrogens (tertiary/aromatic N) is 1. The van der Waals surface area contributed by atoms with E-state index in [1.54, 1.807) is 30.3 Å². The van der Waals surface area contributed by atoms with Crippen LogP contribution in [0.2, 0.25) is 0 Å². The Labute approximate surface area is 127 Å². The summed E-state index contributed by atoms with van der Waals surface area (Å²) in [6.45, 7) is 0. The lowest BCUT2D eigenvalue weighted by Gasteiger charge is -2.07. The zero-order valence-corrected chi connectivity index (χ0v) is 11.8. The Morgan fingerprint density at radius 3 is 2.59 bits per heavy atom. The zero-order chi connectivity index (χ0) is 15.9. The van der Waals surface area contributed by atoms with Crippen molar-refractivity contribution >= 4 is 17.7 Å². The molecular formula is C17H13FN2O2. The van der Waals surface area contributed by atoms with Gasteiger partial charge in [0.05, 0.1) is 12.8 Å². The minimum absolute atomic E-state index is 0.0219. The normalized spacial score (nSPS) is 10.7. The molecule has 110 valence electrons. The van der Waals surface area contributed by atoms with Crippen LogP contribution in [0.4, 0.5) is 10.1 Å². The van der Waals surface area contributed by atoms with Gasteiger partial charge in [-0.15, -0.1) is 0 Å². The van der Waals surface area contributed by atoms with E-state index in [4.69, 9.17) is 10.00 Å². The van der Waals surface area contributed by atoms with Crippen LogP contribution in [-0.4, -0.2) is 13.0 Å². The molecule has 22 heavy (non-hydrogen) atoms. The van der Waals surface area contributed by atoms with Gasteiger partial charge >= 0.3 is 0 Å². The summed E-state index contributed by atoms with van der Waals surface area (Å²) in [6.07, 6.45) is 1.40. The average Bonchev–Trinajstić information content (AvgIpc) is 2.55. The average molecular weight is 296 g/mol. The maximum atomic E-state index is 13.5. The molecule has 0 aromatic heterocycles. The lowest BCUT2D eigenvalue weighted by atomic mass is 10.1. The molecule has 0 aliphatic heterocycles. The van der Waals surface area contributed by atoms with Crippen molar-refractivity contribution < 1.29 is 13.9 Å². The van der Waals surface area contributed by atoms with Crippen LogP contribution < -0.4 is 10.1 Å². The van der Waals surface area contributed by atoms with Crippen molar-refractivity contribution in [3.63, 3.8) is 0 Å². The first-order valence-electron chi connectivity index (χ1n) is 6.46. The van der Waals surface area contributed by atoms with E-state index in [1.807, 2.05) is 6.07 Å². The number of halogens is 1. The van der Waals surface area contributed by atoms with Crippen molar-refractivity contribution in [3.8, 4) is 11.8 Å². The molecule has 0 fully saturated rings. The molecule has 0 heterocycles. The first-order valence-corrected chi connectivity index (χ1v) is 6.46. The van der Waals surface area contributed by atoms with E-state index in [0.29, 0.717) is 11.3 Å². The number of para-hydroxylation sites is 2. The highest BCUT2D eigenvalue weighted by Gasteiger charge is 2.12. The number of benzene rings is 2. The van der Waals surface area contributed by atoms with Crippen LogP contribution in [0.5, 0.6) is 5.75 Å². The van der Waals surface area contributed by atoms with Crippen molar-refractivity contribution in [2.24, 2.45) is 0 Å². The number of anilines is 1. The van der Waals surface area contributed by atoms with Gasteiger partial charge in [0.25, 0.3) is 5.91 Å². The van der Waals surface area contributed by atoms with Crippen LogP contribution in [-0.2, 0) is 4.79 Å². The maximum absolute atomic E-state index is 13.5. The SMILES string of the molecule is COc1ccccc1C=C(C#N)C(=O)Nc1ccccc1F. The Hall–Kier alpha value is -3.13. The van der Waals surface area contributed by atoms with Gasteiger partial charge in [0.15, 0.2) is 0 Å². The molecule has 2 aromatic rings. The second kappa shape index (κ2) is 7.04. The molecule has 0 saturated carbocycles. The summed E-state index contributed by atoms with van der Waals surface area (Å²) in [7, 11) is 1.50. The van der Waals surface area contributed by atoms with Crippen molar-refractivity contribution in [1.82, 2.24) is 0 Å². The molecule has 0 bridgehead atoms. The molecule has 0 radical (unpaired) electrons. The lowest BCUT2D eigenvalue weighted by Crippen LogP contribution is -2.14. The van der Waals surface area contributed by atoms with Crippen LogP contribution in [0.15, 0.2) is 54.1 Å². The molecule has 0 aliphatic carbocycles. The van der Waals surface area contributed by atoms with E-state index in [-0.39, 0.29) is 11.3 Å². The van der Waals surface area contributed by atoms with Gasteiger partial charge in [-0.05, 0) is 24.3 Å². The van der Waals surface area contributed by atoms with Crippen molar-refractivity contribution in [2.75, 3.05) is 12.4 Å². The Morgan fingerprint density at radius 1 is 1.23 bits per heavy atom. The fraction of sp³-hybridized carbons (Fsp3) is 0.0588. The molecule has 1 amide bonds. The summed E-state index contributed by atoms with van der Waals surface area (Å²) in [4.78, 5) is 12.1. The van der Waals surface area contributed by atoms with Crippen LogP contribution >= 0.6 is 0 Å². The smallest absolute Gasteiger partial charge is 0.266 e. The van der Waals surface area contributed by atoms with E-state index in [0.717, 1.165) is 0 Å². The van der Waals surface area contributed by atoms with Crippen molar-refractivity contribution in [3.05, 3.63) is 65.5 Å². The molecule has 2 rings (SSSR count). The molecule has 0 unspecified atom stereocenters. The molecule has 4 nitrogen and oxygen atoms in total. The van der Waals surface area contributed by atoms with Gasteiger partial charge < -0.3 is 10.1 Å². The summed E-state index contributed by atoms with van der Waals surface area (Å²) in [5.74, 6) is -0.710. The molecule has 0 atom stereocenters. The predicted octanol–water partition coefficient (Wildman–Crippen LogP) is 3.38. The fourth-order valence-electron chi connectivity index (χ4n) is 1.84.